The molecule has 0 spiro atoms. The zero-order valence-electron chi connectivity index (χ0n) is 44.0. The summed E-state index contributed by atoms with van der Waals surface area (Å²) in [6.45, 7) is 0. The van der Waals surface area contributed by atoms with Gasteiger partial charge < -0.3 is 9.97 Å². The molecule has 4 saturated carbocycles. The van der Waals surface area contributed by atoms with E-state index in [9.17, 15) is 33.7 Å². The minimum Gasteiger partial charge on any atom is -0.324 e. The summed E-state index contributed by atoms with van der Waals surface area (Å²) in [5, 5.41) is 1.66. The van der Waals surface area contributed by atoms with Crippen molar-refractivity contribution in [3.63, 3.8) is 0 Å². The molecule has 4 aliphatic carbocycles. The summed E-state index contributed by atoms with van der Waals surface area (Å²) in [7, 11) is -16.1. The molecule has 0 radical (unpaired) electrons. The van der Waals surface area contributed by atoms with Crippen LogP contribution in [0, 0.1) is 0 Å². The van der Waals surface area contributed by atoms with Crippen LogP contribution < -0.4 is 18.9 Å². The molecule has 4 aromatic carbocycles. The molecule has 6 aliphatic rings. The van der Waals surface area contributed by atoms with Crippen LogP contribution in [0.4, 0.5) is 0 Å². The van der Waals surface area contributed by atoms with Gasteiger partial charge in [0.25, 0.3) is 0 Å². The molecule has 6 N–H and O–H groups in total. The largest absolute Gasteiger partial charge is 0.324 e. The predicted octanol–water partition coefficient (Wildman–Crippen LogP) is 9.31. The summed E-state index contributed by atoms with van der Waals surface area (Å²) in [6.07, 6.45) is 17.4. The standard InChI is InChI=1S/C56H62N12O8S4/c69-77(70,65-33-13-5-1-6-14-33)37-21-25-41-45(29-37)53-57-49(41)62-54-47-31-39(79(73,74)67-35-17-9-3-10-18-35)23-27-43(47)51(59-54)64-56-48-32-40(80(75,76)68-36-19-11-4-12-20-36)24-28-44(48)52(60-56)63-55-46-30-38(22-26-42(46)50(58-55)61-53)78(71,72)66-34-15-7-2-8-16-34/h21-36,65-68H,1-20H2,(H2,57,58,59,60,61,62,63,64). The Morgan fingerprint density at radius 3 is 0.875 bits per heavy atom. The smallest absolute Gasteiger partial charge is 0.240 e. The topological polar surface area (TPSA) is 294 Å². The van der Waals surface area contributed by atoms with Crippen LogP contribution in [0.3, 0.4) is 0 Å². The van der Waals surface area contributed by atoms with Crippen LogP contribution in [-0.4, -0.2) is 97.7 Å². The fourth-order valence-electron chi connectivity index (χ4n) is 12.4. The fourth-order valence-corrected chi connectivity index (χ4v) is 17.7. The Morgan fingerprint density at radius 1 is 0.300 bits per heavy atom. The number of sulfonamides is 4. The highest BCUT2D eigenvalue weighted by Crippen LogP contribution is 2.40. The van der Waals surface area contributed by atoms with Crippen LogP contribution in [0.2, 0.25) is 0 Å². The third-order valence-electron chi connectivity index (χ3n) is 16.7. The van der Waals surface area contributed by atoms with Gasteiger partial charge in [-0.2, -0.15) is 0 Å². The highest BCUT2D eigenvalue weighted by Gasteiger charge is 2.31. The van der Waals surface area contributed by atoms with E-state index in [0.717, 1.165) is 128 Å². The molecule has 418 valence electrons. The first-order valence-corrected chi connectivity index (χ1v) is 34.0. The van der Waals surface area contributed by atoms with Crippen molar-refractivity contribution >= 4 is 84.2 Å². The molecule has 5 heterocycles. The molecular formula is C56H62N12O8S4. The Balaban J connectivity index is 1.06. The number of fused-ring (bicyclic) bond motifs is 20. The second-order valence-electron chi connectivity index (χ2n) is 22.3. The van der Waals surface area contributed by atoms with Crippen molar-refractivity contribution in [1.82, 2.24) is 58.8 Å². The first kappa shape index (κ1) is 53.2. The maximum atomic E-state index is 14.2. The molecule has 0 saturated heterocycles. The lowest BCUT2D eigenvalue weighted by Crippen LogP contribution is -2.36. The Hall–Kier alpha value is -6.12. The van der Waals surface area contributed by atoms with Crippen molar-refractivity contribution < 1.29 is 33.7 Å². The van der Waals surface area contributed by atoms with Crippen LogP contribution in [0.5, 0.6) is 0 Å². The molecule has 0 unspecified atom stereocenters. The van der Waals surface area contributed by atoms with Crippen LogP contribution in [0.1, 0.15) is 128 Å². The van der Waals surface area contributed by atoms with Gasteiger partial charge >= 0.3 is 0 Å². The molecule has 8 bridgehead atoms. The quantitative estimate of drug-likeness (QED) is 0.0664. The summed E-state index contributed by atoms with van der Waals surface area (Å²) in [5.74, 6) is 0.421. The highest BCUT2D eigenvalue weighted by atomic mass is 32.2. The Labute approximate surface area is 464 Å². The number of nitrogens with one attached hydrogen (secondary N) is 6. The van der Waals surface area contributed by atoms with Gasteiger partial charge in [0.1, 0.15) is 22.6 Å². The lowest BCUT2D eigenvalue weighted by Gasteiger charge is -2.22. The maximum absolute atomic E-state index is 14.2. The monoisotopic (exact) mass is 1160 g/mol. The van der Waals surface area contributed by atoms with Gasteiger partial charge in [-0.25, -0.2) is 82.5 Å². The van der Waals surface area contributed by atoms with E-state index in [1.165, 1.54) is 48.5 Å². The van der Waals surface area contributed by atoms with Gasteiger partial charge in [-0.3, -0.25) is 0 Å². The zero-order chi connectivity index (χ0) is 55.0. The molecule has 7 aromatic rings. The SMILES string of the molecule is O=S(=O)(NC1CCCCC1)c1ccc2c(c1)-c1nc-2nc2[nH]c(nc3nc(nc4[nH]c(n1)c1ccc(S(=O)(=O)NC5CCCCC5)cc41)-c1ccc(S(=O)(=O)NC4CCCCC4)cc1-3)c1ccc(S(=O)(=O)NC3CCCCC3)cc21. The normalized spacial score (nSPS) is 18.4. The molecule has 20 nitrogen and oxygen atoms in total. The lowest BCUT2D eigenvalue weighted by molar-refractivity contribution is 0.412. The van der Waals surface area contributed by atoms with Crippen molar-refractivity contribution in [3.05, 3.63) is 72.8 Å². The number of H-pyrrole nitrogens is 2. The van der Waals surface area contributed by atoms with E-state index < -0.39 is 40.1 Å². The zero-order valence-corrected chi connectivity index (χ0v) is 47.2. The third kappa shape index (κ3) is 10.5. The molecule has 0 atom stereocenters. The van der Waals surface area contributed by atoms with Crippen molar-refractivity contribution in [2.24, 2.45) is 0 Å². The number of hydrogen-bond donors (Lipinski definition) is 6. The minimum absolute atomic E-state index is 0.00129. The number of nitrogens with zero attached hydrogens (tertiary/aromatic N) is 6. The highest BCUT2D eigenvalue weighted by molar-refractivity contribution is 7.90. The summed E-state index contributed by atoms with van der Waals surface area (Å²) in [4.78, 5) is 37.0. The van der Waals surface area contributed by atoms with Crippen molar-refractivity contribution in [1.29, 1.82) is 0 Å². The Morgan fingerprint density at radius 2 is 0.562 bits per heavy atom. The molecule has 2 aliphatic heterocycles. The maximum Gasteiger partial charge on any atom is 0.240 e. The summed E-state index contributed by atoms with van der Waals surface area (Å²) in [6, 6.07) is 17.8. The van der Waals surface area contributed by atoms with Gasteiger partial charge in [0.2, 0.25) is 40.1 Å². The summed E-state index contributed by atoms with van der Waals surface area (Å²) in [5.41, 5.74) is 2.32. The average molecular weight is 1160 g/mol. The number of hydrogen-bond acceptors (Lipinski definition) is 14. The van der Waals surface area contributed by atoms with Gasteiger partial charge in [-0.1, -0.05) is 77.0 Å². The minimum atomic E-state index is -4.03. The fraction of sp³-hybridized carbons (Fsp3) is 0.429. The Kier molecular flexibility index (Phi) is 14.0. The first-order chi connectivity index (χ1) is 38.5. The van der Waals surface area contributed by atoms with E-state index in [4.69, 9.17) is 29.9 Å². The number of benzene rings is 4. The molecule has 3 aromatic heterocycles. The van der Waals surface area contributed by atoms with E-state index in [0.29, 0.717) is 43.8 Å². The van der Waals surface area contributed by atoms with Crippen molar-refractivity contribution in [3.8, 4) is 45.6 Å². The van der Waals surface area contributed by atoms with E-state index >= 15 is 0 Å². The molecule has 4 fully saturated rings. The van der Waals surface area contributed by atoms with Crippen LogP contribution in [0.15, 0.2) is 92.4 Å². The first-order valence-electron chi connectivity index (χ1n) is 28.0. The summed E-state index contributed by atoms with van der Waals surface area (Å²) >= 11 is 0. The number of rotatable bonds is 12. The number of aromatic nitrogens is 8. The third-order valence-corrected chi connectivity index (χ3v) is 22.7. The van der Waals surface area contributed by atoms with Crippen LogP contribution in [-0.2, 0) is 40.1 Å². The van der Waals surface area contributed by atoms with Gasteiger partial charge in [0, 0.05) is 68.0 Å². The van der Waals surface area contributed by atoms with E-state index in [1.807, 2.05) is 0 Å². The molecule has 13 rings (SSSR count). The second-order valence-corrected chi connectivity index (χ2v) is 29.1. The Bertz CT molecular complexity index is 4010. The van der Waals surface area contributed by atoms with E-state index in [2.05, 4.69) is 28.9 Å². The van der Waals surface area contributed by atoms with Gasteiger partial charge in [-0.05, 0) is 124 Å². The average Bonchev–Trinajstić information content (AvgIpc) is 4.21. The molecular weight excluding hydrogens is 1100 g/mol. The van der Waals surface area contributed by atoms with Gasteiger partial charge in [0.15, 0.2) is 23.3 Å². The van der Waals surface area contributed by atoms with Gasteiger partial charge in [-0.15, -0.1) is 0 Å². The lowest BCUT2D eigenvalue weighted by atomic mass is 9.96. The number of aromatic amines is 2. The molecule has 0 amide bonds. The van der Waals surface area contributed by atoms with Crippen LogP contribution >= 0.6 is 0 Å². The molecule has 24 heteroatoms. The predicted molar refractivity (Wildman–Crippen MR) is 305 cm³/mol. The van der Waals surface area contributed by atoms with Crippen LogP contribution in [0.25, 0.3) is 89.7 Å². The van der Waals surface area contributed by atoms with Crippen molar-refractivity contribution in [2.45, 2.75) is 172 Å². The van der Waals surface area contributed by atoms with Crippen molar-refractivity contribution in [2.75, 3.05) is 0 Å². The van der Waals surface area contributed by atoms with Gasteiger partial charge in [0.05, 0.1) is 19.6 Å². The molecule has 80 heavy (non-hydrogen) atoms. The second kappa shape index (κ2) is 21.0. The van der Waals surface area contributed by atoms with E-state index in [-0.39, 0.29) is 89.6 Å². The summed E-state index contributed by atoms with van der Waals surface area (Å²) < 4.78 is 125. The van der Waals surface area contributed by atoms with E-state index in [1.54, 1.807) is 24.3 Å².